The number of nitrogens with zero attached hydrogens (tertiary/aromatic N) is 2. The maximum atomic E-state index is 12.8. The van der Waals surface area contributed by atoms with Gasteiger partial charge in [0.1, 0.15) is 17.1 Å². The van der Waals surface area contributed by atoms with Gasteiger partial charge < -0.3 is 18.9 Å². The SMILES string of the molecule is Cc1cc(C[C@@H]2CN(C(=O)c3ccc4oc(C)cc4c3)C[C@@H]2O)on1. The Morgan fingerprint density at radius 3 is 2.88 bits per heavy atom. The highest BCUT2D eigenvalue weighted by atomic mass is 16.5. The van der Waals surface area contributed by atoms with Crippen LogP contribution in [0, 0.1) is 19.8 Å². The number of amides is 1. The van der Waals surface area contributed by atoms with Crippen LogP contribution >= 0.6 is 0 Å². The summed E-state index contributed by atoms with van der Waals surface area (Å²) in [4.78, 5) is 14.5. The van der Waals surface area contributed by atoms with Gasteiger partial charge in [0.2, 0.25) is 0 Å². The summed E-state index contributed by atoms with van der Waals surface area (Å²) < 4.78 is 10.8. The highest BCUT2D eigenvalue weighted by Gasteiger charge is 2.35. The highest BCUT2D eigenvalue weighted by molar-refractivity contribution is 5.98. The van der Waals surface area contributed by atoms with Crippen LogP contribution in [-0.2, 0) is 6.42 Å². The zero-order valence-corrected chi connectivity index (χ0v) is 14.2. The summed E-state index contributed by atoms with van der Waals surface area (Å²) in [5.41, 5.74) is 2.20. The second-order valence-electron chi connectivity index (χ2n) is 6.79. The predicted octanol–water partition coefficient (Wildman–Crippen LogP) is 2.71. The van der Waals surface area contributed by atoms with Crippen LogP contribution in [-0.4, -0.2) is 40.3 Å². The Hall–Kier alpha value is -2.60. The smallest absolute Gasteiger partial charge is 0.253 e. The van der Waals surface area contributed by atoms with Crippen molar-refractivity contribution in [3.8, 4) is 0 Å². The fourth-order valence-corrected chi connectivity index (χ4v) is 3.48. The highest BCUT2D eigenvalue weighted by Crippen LogP contribution is 2.25. The maximum Gasteiger partial charge on any atom is 0.253 e. The molecule has 1 N–H and O–H groups in total. The van der Waals surface area contributed by atoms with Crippen molar-refractivity contribution in [2.45, 2.75) is 26.4 Å². The summed E-state index contributed by atoms with van der Waals surface area (Å²) in [5.74, 6) is 1.44. The Morgan fingerprint density at radius 2 is 2.12 bits per heavy atom. The molecule has 0 bridgehead atoms. The van der Waals surface area contributed by atoms with Crippen LogP contribution in [0.2, 0.25) is 0 Å². The molecule has 1 aliphatic heterocycles. The Kier molecular flexibility index (Phi) is 3.84. The molecule has 4 rings (SSSR count). The van der Waals surface area contributed by atoms with E-state index in [-0.39, 0.29) is 11.8 Å². The molecule has 3 heterocycles. The fraction of sp³-hybridized carbons (Fsp3) is 0.368. The molecule has 1 amide bonds. The standard InChI is InChI=1S/C19H20N2O4/c1-11-5-16(25-20-11)8-15-9-21(10-17(15)22)19(23)13-3-4-18-14(7-13)6-12(2)24-18/h3-7,15,17,22H,8-10H2,1-2H3/t15-,17+/m1/s1. The minimum Gasteiger partial charge on any atom is -0.461 e. The largest absolute Gasteiger partial charge is 0.461 e. The Balaban J connectivity index is 1.49. The van der Waals surface area contributed by atoms with E-state index in [1.807, 2.05) is 38.1 Å². The molecule has 6 nitrogen and oxygen atoms in total. The van der Waals surface area contributed by atoms with Gasteiger partial charge in [0.05, 0.1) is 11.8 Å². The summed E-state index contributed by atoms with van der Waals surface area (Å²) in [6.45, 7) is 4.58. The van der Waals surface area contributed by atoms with Gasteiger partial charge >= 0.3 is 0 Å². The van der Waals surface area contributed by atoms with Crippen LogP contribution < -0.4 is 0 Å². The van der Waals surface area contributed by atoms with Crippen LogP contribution in [0.5, 0.6) is 0 Å². The lowest BCUT2D eigenvalue weighted by Gasteiger charge is -2.16. The lowest BCUT2D eigenvalue weighted by atomic mass is 10.0. The van der Waals surface area contributed by atoms with E-state index in [9.17, 15) is 9.90 Å². The molecule has 2 atom stereocenters. The monoisotopic (exact) mass is 340 g/mol. The van der Waals surface area contributed by atoms with E-state index in [4.69, 9.17) is 8.94 Å². The number of rotatable bonds is 3. The number of aryl methyl sites for hydroxylation is 2. The van der Waals surface area contributed by atoms with Crippen molar-refractivity contribution in [3.63, 3.8) is 0 Å². The molecule has 2 aromatic heterocycles. The molecule has 6 heteroatoms. The van der Waals surface area contributed by atoms with Crippen LogP contribution in [0.4, 0.5) is 0 Å². The topological polar surface area (TPSA) is 79.7 Å². The molecule has 1 saturated heterocycles. The van der Waals surface area contributed by atoms with Gasteiger partial charge in [-0.15, -0.1) is 0 Å². The van der Waals surface area contributed by atoms with Crippen molar-refractivity contribution < 1.29 is 18.8 Å². The molecule has 25 heavy (non-hydrogen) atoms. The first-order valence-corrected chi connectivity index (χ1v) is 8.39. The van der Waals surface area contributed by atoms with E-state index in [0.717, 1.165) is 28.2 Å². The number of carbonyl (C=O) groups is 1. The predicted molar refractivity (Wildman–Crippen MR) is 91.3 cm³/mol. The molecule has 0 unspecified atom stereocenters. The van der Waals surface area contributed by atoms with Crippen molar-refractivity contribution in [1.29, 1.82) is 0 Å². The normalized spacial score (nSPS) is 20.5. The molecule has 3 aromatic rings. The lowest BCUT2D eigenvalue weighted by molar-refractivity contribution is 0.0765. The molecule has 1 aliphatic rings. The molecule has 0 saturated carbocycles. The summed E-state index contributed by atoms with van der Waals surface area (Å²) in [6.07, 6.45) is 0.0143. The average Bonchev–Trinajstić information content (AvgIpc) is 3.25. The minimum atomic E-state index is -0.561. The summed E-state index contributed by atoms with van der Waals surface area (Å²) >= 11 is 0. The van der Waals surface area contributed by atoms with Gasteiger partial charge in [-0.2, -0.15) is 0 Å². The zero-order valence-electron chi connectivity index (χ0n) is 14.2. The molecule has 0 spiro atoms. The van der Waals surface area contributed by atoms with E-state index in [0.29, 0.717) is 25.1 Å². The first kappa shape index (κ1) is 15.9. The van der Waals surface area contributed by atoms with Gasteiger partial charge in [0.15, 0.2) is 0 Å². The Labute approximate surface area is 145 Å². The third-order valence-corrected chi connectivity index (χ3v) is 4.72. The molecular formula is C19H20N2O4. The number of aromatic nitrogens is 1. The van der Waals surface area contributed by atoms with Gasteiger partial charge in [-0.1, -0.05) is 5.16 Å². The molecule has 0 aliphatic carbocycles. The van der Waals surface area contributed by atoms with Crippen LogP contribution in [0.1, 0.15) is 27.6 Å². The number of aliphatic hydroxyl groups excluding tert-OH is 1. The van der Waals surface area contributed by atoms with Gasteiger partial charge in [0.25, 0.3) is 5.91 Å². The van der Waals surface area contributed by atoms with Crippen molar-refractivity contribution in [1.82, 2.24) is 10.1 Å². The first-order valence-electron chi connectivity index (χ1n) is 8.39. The fourth-order valence-electron chi connectivity index (χ4n) is 3.48. The van der Waals surface area contributed by atoms with Gasteiger partial charge in [-0.05, 0) is 38.1 Å². The number of fused-ring (bicyclic) bond motifs is 1. The number of β-amino-alcohol motifs (C(OH)–C–C–N with tert-alkyl or cyclic N) is 1. The van der Waals surface area contributed by atoms with Crippen molar-refractivity contribution >= 4 is 16.9 Å². The Bertz CT molecular complexity index is 927. The number of benzene rings is 1. The second-order valence-corrected chi connectivity index (χ2v) is 6.79. The zero-order chi connectivity index (χ0) is 17.6. The number of carbonyl (C=O) groups excluding carboxylic acids is 1. The number of hydrogen-bond donors (Lipinski definition) is 1. The van der Waals surface area contributed by atoms with Crippen molar-refractivity contribution in [3.05, 3.63) is 53.1 Å². The van der Waals surface area contributed by atoms with Crippen LogP contribution in [0.25, 0.3) is 11.0 Å². The van der Waals surface area contributed by atoms with Crippen LogP contribution in [0.15, 0.2) is 39.3 Å². The number of hydrogen-bond acceptors (Lipinski definition) is 5. The summed E-state index contributed by atoms with van der Waals surface area (Å²) in [6, 6.07) is 9.21. The van der Waals surface area contributed by atoms with Crippen molar-refractivity contribution in [2.24, 2.45) is 5.92 Å². The number of aliphatic hydroxyl groups is 1. The molecule has 1 aromatic carbocycles. The second kappa shape index (κ2) is 6.04. The third kappa shape index (κ3) is 3.05. The van der Waals surface area contributed by atoms with E-state index < -0.39 is 6.10 Å². The quantitative estimate of drug-likeness (QED) is 0.793. The van der Waals surface area contributed by atoms with Crippen LogP contribution in [0.3, 0.4) is 0 Å². The molecule has 130 valence electrons. The van der Waals surface area contributed by atoms with Crippen molar-refractivity contribution in [2.75, 3.05) is 13.1 Å². The molecule has 1 fully saturated rings. The number of likely N-dealkylation sites (tertiary alicyclic amines) is 1. The summed E-state index contributed by atoms with van der Waals surface area (Å²) in [5, 5.41) is 15.1. The van der Waals surface area contributed by atoms with E-state index in [1.165, 1.54) is 0 Å². The average molecular weight is 340 g/mol. The number of furan rings is 1. The van der Waals surface area contributed by atoms with E-state index in [1.54, 1.807) is 11.0 Å². The Morgan fingerprint density at radius 1 is 1.28 bits per heavy atom. The summed E-state index contributed by atoms with van der Waals surface area (Å²) in [7, 11) is 0. The van der Waals surface area contributed by atoms with Gasteiger partial charge in [-0.25, -0.2) is 0 Å². The lowest BCUT2D eigenvalue weighted by Crippen LogP contribution is -2.29. The minimum absolute atomic E-state index is 0.0452. The maximum absolute atomic E-state index is 12.8. The van der Waals surface area contributed by atoms with E-state index in [2.05, 4.69) is 5.16 Å². The molecule has 0 radical (unpaired) electrons. The first-order chi connectivity index (χ1) is 12.0. The van der Waals surface area contributed by atoms with Gasteiger partial charge in [-0.3, -0.25) is 4.79 Å². The molecular weight excluding hydrogens is 320 g/mol. The third-order valence-electron chi connectivity index (χ3n) is 4.72. The van der Waals surface area contributed by atoms with Gasteiger partial charge in [0, 0.05) is 42.4 Å². The van der Waals surface area contributed by atoms with E-state index >= 15 is 0 Å².